The number of methoxy groups -OCH3 is 1. The first kappa shape index (κ1) is 15.8. The Morgan fingerprint density at radius 3 is 2.48 bits per heavy atom. The molecule has 0 aliphatic heterocycles. The van der Waals surface area contributed by atoms with Gasteiger partial charge in [0.25, 0.3) is 0 Å². The van der Waals surface area contributed by atoms with Gasteiger partial charge < -0.3 is 15.4 Å². The van der Waals surface area contributed by atoms with E-state index in [1.807, 2.05) is 36.1 Å². The zero-order valence-corrected chi connectivity index (χ0v) is 13.2. The van der Waals surface area contributed by atoms with E-state index in [0.717, 1.165) is 30.6 Å². The van der Waals surface area contributed by atoms with Crippen LogP contribution in [0.25, 0.3) is 0 Å². The van der Waals surface area contributed by atoms with Gasteiger partial charge in [0, 0.05) is 12.6 Å². The van der Waals surface area contributed by atoms with Gasteiger partial charge in [-0.3, -0.25) is 4.79 Å². The van der Waals surface area contributed by atoms with Gasteiger partial charge in [0.1, 0.15) is 5.75 Å². The zero-order chi connectivity index (χ0) is 15.4. The highest BCUT2D eigenvalue weighted by Crippen LogP contribution is 2.30. The molecule has 21 heavy (non-hydrogen) atoms. The molecule has 2 atom stereocenters. The molecule has 2 N–H and O–H groups in total. The molecular formula is C17H26N2O2. The van der Waals surface area contributed by atoms with Gasteiger partial charge in [-0.05, 0) is 36.5 Å². The SMILES string of the molecule is CC[C@H](C)[C@H](N)C(=O)N(Cc1ccc(OC)cc1)C1CC1. The average molecular weight is 290 g/mol. The van der Waals surface area contributed by atoms with Crippen molar-refractivity contribution in [2.24, 2.45) is 11.7 Å². The lowest BCUT2D eigenvalue weighted by molar-refractivity contribution is -0.135. The van der Waals surface area contributed by atoms with Crippen LogP contribution in [0.1, 0.15) is 38.7 Å². The summed E-state index contributed by atoms with van der Waals surface area (Å²) in [5.74, 6) is 1.14. The lowest BCUT2D eigenvalue weighted by atomic mass is 9.98. The monoisotopic (exact) mass is 290 g/mol. The number of nitrogens with two attached hydrogens (primary N) is 1. The van der Waals surface area contributed by atoms with E-state index >= 15 is 0 Å². The van der Waals surface area contributed by atoms with Crippen molar-refractivity contribution in [1.29, 1.82) is 0 Å². The molecule has 0 unspecified atom stereocenters. The van der Waals surface area contributed by atoms with Crippen LogP contribution in [0, 0.1) is 5.92 Å². The van der Waals surface area contributed by atoms with Gasteiger partial charge in [0.15, 0.2) is 0 Å². The second-order valence-electron chi connectivity index (χ2n) is 5.96. The molecule has 0 heterocycles. The maximum absolute atomic E-state index is 12.6. The molecule has 0 aromatic heterocycles. The molecule has 0 spiro atoms. The number of amides is 1. The first-order valence-corrected chi connectivity index (χ1v) is 7.75. The van der Waals surface area contributed by atoms with Crippen LogP contribution in [0.2, 0.25) is 0 Å². The van der Waals surface area contributed by atoms with E-state index in [1.165, 1.54) is 0 Å². The van der Waals surface area contributed by atoms with E-state index in [-0.39, 0.29) is 11.8 Å². The van der Waals surface area contributed by atoms with Crippen molar-refractivity contribution in [2.45, 2.75) is 51.7 Å². The number of benzene rings is 1. The summed E-state index contributed by atoms with van der Waals surface area (Å²) >= 11 is 0. The third-order valence-electron chi connectivity index (χ3n) is 4.32. The molecule has 1 aliphatic rings. The van der Waals surface area contributed by atoms with Crippen LogP contribution in [0.3, 0.4) is 0 Å². The number of ether oxygens (including phenoxy) is 1. The maximum atomic E-state index is 12.6. The van der Waals surface area contributed by atoms with Crippen LogP contribution in [0.15, 0.2) is 24.3 Å². The second kappa shape index (κ2) is 6.94. The van der Waals surface area contributed by atoms with E-state index in [4.69, 9.17) is 10.5 Å². The minimum atomic E-state index is -0.395. The average Bonchev–Trinajstić information content (AvgIpc) is 3.35. The number of nitrogens with zero attached hydrogens (tertiary/aromatic N) is 1. The van der Waals surface area contributed by atoms with Crippen LogP contribution in [-0.4, -0.2) is 30.0 Å². The summed E-state index contributed by atoms with van der Waals surface area (Å²) in [6.07, 6.45) is 3.11. The molecule has 116 valence electrons. The van der Waals surface area contributed by atoms with E-state index in [2.05, 4.69) is 6.92 Å². The second-order valence-corrected chi connectivity index (χ2v) is 5.96. The summed E-state index contributed by atoms with van der Waals surface area (Å²) in [7, 11) is 1.65. The quantitative estimate of drug-likeness (QED) is 0.839. The first-order chi connectivity index (χ1) is 10.1. The summed E-state index contributed by atoms with van der Waals surface area (Å²) in [6, 6.07) is 7.86. The Balaban J connectivity index is 2.06. The standard InChI is InChI=1S/C17H26N2O2/c1-4-12(2)16(18)17(20)19(14-7-8-14)11-13-5-9-15(21-3)10-6-13/h5-6,9-10,12,14,16H,4,7-8,11,18H2,1-3H3/t12-,16-/m0/s1. The van der Waals surface area contributed by atoms with Gasteiger partial charge in [0.05, 0.1) is 13.2 Å². The van der Waals surface area contributed by atoms with Crippen LogP contribution >= 0.6 is 0 Å². The third kappa shape index (κ3) is 3.97. The predicted molar refractivity (Wildman–Crippen MR) is 84.0 cm³/mol. The van der Waals surface area contributed by atoms with E-state index in [9.17, 15) is 4.79 Å². The third-order valence-corrected chi connectivity index (χ3v) is 4.32. The molecular weight excluding hydrogens is 264 g/mol. The normalized spacial score (nSPS) is 17.1. The summed E-state index contributed by atoms with van der Waals surface area (Å²) in [6.45, 7) is 4.75. The fraction of sp³-hybridized carbons (Fsp3) is 0.588. The number of carbonyl (C=O) groups is 1. The molecule has 1 saturated carbocycles. The van der Waals surface area contributed by atoms with E-state index in [0.29, 0.717) is 12.6 Å². The fourth-order valence-electron chi connectivity index (χ4n) is 2.39. The smallest absolute Gasteiger partial charge is 0.240 e. The minimum absolute atomic E-state index is 0.0858. The Bertz CT molecular complexity index is 468. The summed E-state index contributed by atoms with van der Waals surface area (Å²) in [5.41, 5.74) is 7.24. The molecule has 4 nitrogen and oxygen atoms in total. The zero-order valence-electron chi connectivity index (χ0n) is 13.2. The number of hydrogen-bond acceptors (Lipinski definition) is 3. The predicted octanol–water partition coefficient (Wildman–Crippen LogP) is 2.56. The molecule has 1 aromatic rings. The molecule has 1 fully saturated rings. The van der Waals surface area contributed by atoms with Crippen molar-refractivity contribution >= 4 is 5.91 Å². The largest absolute Gasteiger partial charge is 0.497 e. The molecule has 1 amide bonds. The van der Waals surface area contributed by atoms with Crippen LogP contribution in [-0.2, 0) is 11.3 Å². The fourth-order valence-corrected chi connectivity index (χ4v) is 2.39. The molecule has 0 saturated heterocycles. The van der Waals surface area contributed by atoms with Crippen LogP contribution < -0.4 is 10.5 Å². The van der Waals surface area contributed by atoms with Crippen molar-refractivity contribution in [3.8, 4) is 5.75 Å². The highest BCUT2D eigenvalue weighted by Gasteiger charge is 2.35. The van der Waals surface area contributed by atoms with Gasteiger partial charge in [0.2, 0.25) is 5.91 Å². The van der Waals surface area contributed by atoms with Gasteiger partial charge in [-0.1, -0.05) is 32.4 Å². The van der Waals surface area contributed by atoms with Crippen molar-refractivity contribution in [2.75, 3.05) is 7.11 Å². The van der Waals surface area contributed by atoms with Gasteiger partial charge in [-0.2, -0.15) is 0 Å². The van der Waals surface area contributed by atoms with Gasteiger partial charge >= 0.3 is 0 Å². The maximum Gasteiger partial charge on any atom is 0.240 e. The van der Waals surface area contributed by atoms with Crippen molar-refractivity contribution in [1.82, 2.24) is 4.90 Å². The van der Waals surface area contributed by atoms with Crippen LogP contribution in [0.4, 0.5) is 0 Å². The molecule has 0 radical (unpaired) electrons. The first-order valence-electron chi connectivity index (χ1n) is 7.75. The molecule has 1 aliphatic carbocycles. The summed E-state index contributed by atoms with van der Waals surface area (Å²) in [4.78, 5) is 14.6. The van der Waals surface area contributed by atoms with E-state index < -0.39 is 6.04 Å². The van der Waals surface area contributed by atoms with Gasteiger partial charge in [-0.15, -0.1) is 0 Å². The minimum Gasteiger partial charge on any atom is -0.497 e. The summed E-state index contributed by atoms with van der Waals surface area (Å²) in [5, 5.41) is 0. The van der Waals surface area contributed by atoms with Crippen molar-refractivity contribution in [3.05, 3.63) is 29.8 Å². The number of hydrogen-bond donors (Lipinski definition) is 1. The lowest BCUT2D eigenvalue weighted by Crippen LogP contribution is -2.47. The number of carbonyl (C=O) groups excluding carboxylic acids is 1. The van der Waals surface area contributed by atoms with Crippen molar-refractivity contribution < 1.29 is 9.53 Å². The molecule has 4 heteroatoms. The number of rotatable bonds is 7. The molecule has 2 rings (SSSR count). The van der Waals surface area contributed by atoms with Crippen molar-refractivity contribution in [3.63, 3.8) is 0 Å². The topological polar surface area (TPSA) is 55.6 Å². The molecule has 1 aromatic carbocycles. The Morgan fingerprint density at radius 1 is 1.38 bits per heavy atom. The Labute approximate surface area is 127 Å². The highest BCUT2D eigenvalue weighted by atomic mass is 16.5. The van der Waals surface area contributed by atoms with Gasteiger partial charge in [-0.25, -0.2) is 0 Å². The summed E-state index contributed by atoms with van der Waals surface area (Å²) < 4.78 is 5.17. The lowest BCUT2D eigenvalue weighted by Gasteiger charge is -2.28. The van der Waals surface area contributed by atoms with Crippen LogP contribution in [0.5, 0.6) is 5.75 Å². The van der Waals surface area contributed by atoms with E-state index in [1.54, 1.807) is 7.11 Å². The Kier molecular flexibility index (Phi) is 5.23. The highest BCUT2D eigenvalue weighted by molar-refractivity contribution is 5.82. The Hall–Kier alpha value is -1.55. The molecule has 0 bridgehead atoms. The Morgan fingerprint density at radius 2 is 2.00 bits per heavy atom.